The summed E-state index contributed by atoms with van der Waals surface area (Å²) < 4.78 is 1.70. The largest absolute Gasteiger partial charge is 0.351 e. The predicted molar refractivity (Wildman–Crippen MR) is 71.2 cm³/mol. The van der Waals surface area contributed by atoms with E-state index >= 15 is 0 Å². The van der Waals surface area contributed by atoms with Crippen LogP contribution in [-0.4, -0.2) is 21.7 Å². The van der Waals surface area contributed by atoms with Crippen LogP contribution < -0.4 is 5.32 Å². The maximum absolute atomic E-state index is 12.1. The lowest BCUT2D eigenvalue weighted by Gasteiger charge is -2.32. The highest BCUT2D eigenvalue weighted by molar-refractivity contribution is 5.76. The van der Waals surface area contributed by atoms with Crippen molar-refractivity contribution in [1.82, 2.24) is 15.1 Å². The van der Waals surface area contributed by atoms with E-state index in [2.05, 4.69) is 10.4 Å². The third-order valence-electron chi connectivity index (χ3n) is 5.64. The molecule has 4 heteroatoms. The van der Waals surface area contributed by atoms with Crippen molar-refractivity contribution in [3.63, 3.8) is 0 Å². The van der Waals surface area contributed by atoms with Crippen molar-refractivity contribution in [1.29, 1.82) is 0 Å². The lowest BCUT2D eigenvalue weighted by Crippen LogP contribution is -2.43. The first-order valence-corrected chi connectivity index (χ1v) is 7.58. The highest BCUT2D eigenvalue weighted by atomic mass is 16.2. The van der Waals surface area contributed by atoms with Crippen molar-refractivity contribution >= 4 is 5.91 Å². The molecule has 5 atom stereocenters. The second-order valence-corrected chi connectivity index (χ2v) is 6.53. The predicted octanol–water partition coefficient (Wildman–Crippen LogP) is 1.82. The molecule has 0 radical (unpaired) electrons. The van der Waals surface area contributed by atoms with Crippen molar-refractivity contribution in [2.24, 2.45) is 23.7 Å². The fourth-order valence-electron chi connectivity index (χ4n) is 5.03. The molecule has 19 heavy (non-hydrogen) atoms. The Morgan fingerprint density at radius 2 is 2.16 bits per heavy atom. The normalized spacial score (nSPS) is 39.5. The van der Waals surface area contributed by atoms with Crippen LogP contribution in [0.25, 0.3) is 0 Å². The summed E-state index contributed by atoms with van der Waals surface area (Å²) in [5, 5.41) is 7.35. The molecule has 3 aliphatic carbocycles. The number of fused-ring (bicyclic) bond motifs is 5. The molecule has 5 unspecified atom stereocenters. The average molecular weight is 259 g/mol. The molecule has 0 aliphatic heterocycles. The van der Waals surface area contributed by atoms with Gasteiger partial charge in [0.2, 0.25) is 5.91 Å². The van der Waals surface area contributed by atoms with Crippen LogP contribution in [0.3, 0.4) is 0 Å². The van der Waals surface area contributed by atoms with Gasteiger partial charge in [0.05, 0.1) is 0 Å². The molecule has 3 aliphatic rings. The molecule has 1 aromatic heterocycles. The van der Waals surface area contributed by atoms with Gasteiger partial charge in [0.25, 0.3) is 0 Å². The summed E-state index contributed by atoms with van der Waals surface area (Å²) >= 11 is 0. The Labute approximate surface area is 113 Å². The Bertz CT molecular complexity index is 470. The smallest absolute Gasteiger partial charge is 0.241 e. The van der Waals surface area contributed by atoms with Crippen LogP contribution in [0.1, 0.15) is 32.1 Å². The maximum atomic E-state index is 12.1. The first-order valence-electron chi connectivity index (χ1n) is 7.58. The molecule has 3 fully saturated rings. The second kappa shape index (κ2) is 4.36. The van der Waals surface area contributed by atoms with Crippen molar-refractivity contribution < 1.29 is 4.79 Å². The molecular weight excluding hydrogens is 238 g/mol. The van der Waals surface area contributed by atoms with E-state index in [0.29, 0.717) is 12.6 Å². The van der Waals surface area contributed by atoms with E-state index in [-0.39, 0.29) is 5.91 Å². The van der Waals surface area contributed by atoms with Crippen molar-refractivity contribution in [2.45, 2.75) is 44.7 Å². The number of amides is 1. The van der Waals surface area contributed by atoms with Crippen LogP contribution >= 0.6 is 0 Å². The van der Waals surface area contributed by atoms with Gasteiger partial charge in [0, 0.05) is 18.4 Å². The van der Waals surface area contributed by atoms with Gasteiger partial charge in [-0.25, -0.2) is 0 Å². The Morgan fingerprint density at radius 3 is 3.00 bits per heavy atom. The van der Waals surface area contributed by atoms with E-state index < -0.39 is 0 Å². The van der Waals surface area contributed by atoms with Crippen molar-refractivity contribution in [3.05, 3.63) is 18.5 Å². The van der Waals surface area contributed by atoms with Crippen LogP contribution in [0.4, 0.5) is 0 Å². The third kappa shape index (κ3) is 1.88. The Kier molecular flexibility index (Phi) is 2.64. The Balaban J connectivity index is 1.38. The average Bonchev–Trinajstić information content (AvgIpc) is 3.10. The van der Waals surface area contributed by atoms with Gasteiger partial charge in [-0.05, 0) is 55.4 Å². The van der Waals surface area contributed by atoms with Crippen molar-refractivity contribution in [3.8, 4) is 0 Å². The molecule has 1 heterocycles. The molecule has 0 aromatic carbocycles. The van der Waals surface area contributed by atoms with Gasteiger partial charge in [0.15, 0.2) is 0 Å². The molecule has 3 saturated carbocycles. The van der Waals surface area contributed by atoms with Gasteiger partial charge in [-0.1, -0.05) is 6.42 Å². The quantitative estimate of drug-likeness (QED) is 0.900. The van der Waals surface area contributed by atoms with E-state index in [1.165, 1.54) is 32.1 Å². The number of rotatable bonds is 3. The molecule has 1 N–H and O–H groups in total. The lowest BCUT2D eigenvalue weighted by atomic mass is 9.79. The zero-order chi connectivity index (χ0) is 12.8. The summed E-state index contributed by atoms with van der Waals surface area (Å²) in [6.07, 6.45) is 10.4. The first-order chi connectivity index (χ1) is 9.31. The standard InChI is InChI=1S/C15H21N3O/c19-15(9-18-6-2-5-16-18)17-14-8-10-7-13(14)12-4-1-3-11(10)12/h2,5-6,10-14H,1,3-4,7-9H2,(H,17,19). The van der Waals surface area contributed by atoms with E-state index in [4.69, 9.17) is 0 Å². The molecule has 0 saturated heterocycles. The summed E-state index contributed by atoms with van der Waals surface area (Å²) in [5.74, 6) is 3.68. The number of nitrogens with one attached hydrogen (secondary N) is 1. The molecule has 2 bridgehead atoms. The zero-order valence-electron chi connectivity index (χ0n) is 11.2. The molecule has 1 aromatic rings. The molecule has 0 spiro atoms. The summed E-state index contributed by atoms with van der Waals surface area (Å²) in [6.45, 7) is 0.356. The van der Waals surface area contributed by atoms with Gasteiger partial charge >= 0.3 is 0 Å². The van der Waals surface area contributed by atoms with Crippen LogP contribution in [0.5, 0.6) is 0 Å². The molecule has 102 valence electrons. The monoisotopic (exact) mass is 259 g/mol. The van der Waals surface area contributed by atoms with Crippen LogP contribution in [-0.2, 0) is 11.3 Å². The Morgan fingerprint density at radius 1 is 1.26 bits per heavy atom. The number of hydrogen-bond acceptors (Lipinski definition) is 2. The van der Waals surface area contributed by atoms with E-state index in [9.17, 15) is 4.79 Å². The van der Waals surface area contributed by atoms with Gasteiger partial charge < -0.3 is 5.32 Å². The summed E-state index contributed by atoms with van der Waals surface area (Å²) in [6, 6.07) is 2.29. The highest BCUT2D eigenvalue weighted by Gasteiger charge is 2.53. The second-order valence-electron chi connectivity index (χ2n) is 6.53. The highest BCUT2D eigenvalue weighted by Crippen LogP contribution is 2.58. The maximum Gasteiger partial charge on any atom is 0.241 e. The number of hydrogen-bond donors (Lipinski definition) is 1. The molecule has 4 rings (SSSR count). The number of aromatic nitrogens is 2. The van der Waals surface area contributed by atoms with E-state index in [1.54, 1.807) is 10.9 Å². The summed E-state index contributed by atoms with van der Waals surface area (Å²) in [7, 11) is 0. The van der Waals surface area contributed by atoms with Crippen LogP contribution in [0, 0.1) is 23.7 Å². The van der Waals surface area contributed by atoms with E-state index in [1.807, 2.05) is 12.3 Å². The van der Waals surface area contributed by atoms with Crippen molar-refractivity contribution in [2.75, 3.05) is 0 Å². The fraction of sp³-hybridized carbons (Fsp3) is 0.733. The minimum Gasteiger partial charge on any atom is -0.351 e. The molecule has 1 amide bonds. The summed E-state index contributed by atoms with van der Waals surface area (Å²) in [5.41, 5.74) is 0. The number of carbonyl (C=O) groups excluding carboxylic acids is 1. The number of carbonyl (C=O) groups is 1. The topological polar surface area (TPSA) is 46.9 Å². The van der Waals surface area contributed by atoms with Gasteiger partial charge in [-0.15, -0.1) is 0 Å². The van der Waals surface area contributed by atoms with Gasteiger partial charge in [-0.3, -0.25) is 9.48 Å². The molecular formula is C15H21N3O. The zero-order valence-corrected chi connectivity index (χ0v) is 11.2. The number of nitrogens with zero attached hydrogens (tertiary/aromatic N) is 2. The fourth-order valence-corrected chi connectivity index (χ4v) is 5.03. The van der Waals surface area contributed by atoms with Gasteiger partial charge in [0.1, 0.15) is 6.54 Å². The minimum absolute atomic E-state index is 0.121. The Hall–Kier alpha value is -1.32. The summed E-state index contributed by atoms with van der Waals surface area (Å²) in [4.78, 5) is 12.1. The van der Waals surface area contributed by atoms with E-state index in [0.717, 1.165) is 23.7 Å². The third-order valence-corrected chi connectivity index (χ3v) is 5.64. The van der Waals surface area contributed by atoms with Crippen LogP contribution in [0.2, 0.25) is 0 Å². The SMILES string of the molecule is O=C(Cn1cccn1)NC1CC2CC1C1CCCC21. The van der Waals surface area contributed by atoms with Crippen LogP contribution in [0.15, 0.2) is 18.5 Å². The minimum atomic E-state index is 0.121. The lowest BCUT2D eigenvalue weighted by molar-refractivity contribution is -0.123. The first kappa shape index (κ1) is 11.5. The van der Waals surface area contributed by atoms with Gasteiger partial charge in [-0.2, -0.15) is 5.10 Å². The molecule has 4 nitrogen and oxygen atoms in total.